The molecule has 70 valence electrons. The topological polar surface area (TPSA) is 41.1 Å². The molecule has 1 rings (SSSR count). The third-order valence-corrected chi connectivity index (χ3v) is 1.68. The summed E-state index contributed by atoms with van der Waals surface area (Å²) in [6, 6.07) is 0. The molecule has 1 aliphatic rings. The molecule has 1 heterocycles. The molecule has 1 saturated heterocycles. The van der Waals surface area contributed by atoms with Crippen LogP contribution in [0.2, 0.25) is 0 Å². The van der Waals surface area contributed by atoms with Crippen LogP contribution in [0.1, 0.15) is 13.8 Å². The van der Waals surface area contributed by atoms with Crippen LogP contribution in [0.5, 0.6) is 0 Å². The maximum Gasteiger partial charge on any atom is 0.273 e. The maximum atomic E-state index is 11.1. The van der Waals surface area contributed by atoms with Crippen LogP contribution in [0.15, 0.2) is 23.9 Å². The van der Waals surface area contributed by atoms with E-state index < -0.39 is 0 Å². The number of allylic oxidation sites excluding steroid dienone is 3. The van der Waals surface area contributed by atoms with Crippen molar-refractivity contribution in [3.63, 3.8) is 0 Å². The summed E-state index contributed by atoms with van der Waals surface area (Å²) in [5.41, 5.74) is 0.502. The minimum atomic E-state index is -0.168. The second-order valence-corrected chi connectivity index (χ2v) is 3.53. The minimum absolute atomic E-state index is 0.168. The van der Waals surface area contributed by atoms with Gasteiger partial charge in [0.1, 0.15) is 5.70 Å². The van der Waals surface area contributed by atoms with Gasteiger partial charge in [-0.05, 0) is 24.2 Å². The number of carbonyl (C=O) groups excluding carboxylic acids is 1. The van der Waals surface area contributed by atoms with Gasteiger partial charge in [-0.25, -0.2) is 0 Å². The molecule has 0 spiro atoms. The lowest BCUT2D eigenvalue weighted by atomic mass is 10.2. The van der Waals surface area contributed by atoms with Gasteiger partial charge in [0.05, 0.1) is 0 Å². The van der Waals surface area contributed by atoms with E-state index in [1.165, 1.54) is 0 Å². The molecule has 0 saturated carbocycles. The third-order valence-electron chi connectivity index (χ3n) is 1.48. The van der Waals surface area contributed by atoms with Crippen molar-refractivity contribution in [2.45, 2.75) is 13.8 Å². The minimum Gasteiger partial charge on any atom is -0.328 e. The molecule has 0 aromatic heterocycles. The fraction of sp³-hybridized carbons (Fsp3) is 0.333. The van der Waals surface area contributed by atoms with Gasteiger partial charge in [0.15, 0.2) is 5.11 Å². The molecular weight excluding hydrogens is 184 g/mol. The summed E-state index contributed by atoms with van der Waals surface area (Å²) in [7, 11) is 0. The molecule has 4 heteroatoms. The number of nitrogens with one attached hydrogen (secondary N) is 2. The molecule has 0 aliphatic carbocycles. The lowest BCUT2D eigenvalue weighted by Crippen LogP contribution is -2.21. The van der Waals surface area contributed by atoms with Crippen molar-refractivity contribution in [1.82, 2.24) is 10.6 Å². The van der Waals surface area contributed by atoms with E-state index in [9.17, 15) is 4.79 Å². The zero-order valence-electron chi connectivity index (χ0n) is 7.63. The standard InChI is InChI=1S/C9H12N2OS/c1-6(2)4-3-5-7-8(12)11-9(13)10-7/h3-6H,1-2H3,(H2,10,11,12,13)/b4-3+,7-5-. The van der Waals surface area contributed by atoms with Crippen LogP contribution in [-0.4, -0.2) is 11.0 Å². The van der Waals surface area contributed by atoms with Gasteiger partial charge in [0.25, 0.3) is 5.91 Å². The Morgan fingerprint density at radius 2 is 2.08 bits per heavy atom. The summed E-state index contributed by atoms with van der Waals surface area (Å²) in [6.07, 6.45) is 5.57. The molecule has 1 aliphatic heterocycles. The predicted octanol–water partition coefficient (Wildman–Crippen LogP) is 1.09. The van der Waals surface area contributed by atoms with Gasteiger partial charge in [-0.3, -0.25) is 10.1 Å². The van der Waals surface area contributed by atoms with Gasteiger partial charge in [-0.1, -0.05) is 26.0 Å². The Hall–Kier alpha value is -1.16. The molecule has 0 radical (unpaired) electrons. The van der Waals surface area contributed by atoms with E-state index in [-0.39, 0.29) is 5.91 Å². The number of rotatable bonds is 2. The number of carbonyl (C=O) groups is 1. The van der Waals surface area contributed by atoms with E-state index in [1.807, 2.05) is 12.2 Å². The summed E-state index contributed by atoms with van der Waals surface area (Å²) < 4.78 is 0. The summed E-state index contributed by atoms with van der Waals surface area (Å²) >= 11 is 4.77. The van der Waals surface area contributed by atoms with E-state index in [1.54, 1.807) is 6.08 Å². The van der Waals surface area contributed by atoms with Crippen LogP contribution >= 0.6 is 12.2 Å². The molecule has 1 amide bonds. The van der Waals surface area contributed by atoms with Crippen LogP contribution in [0.25, 0.3) is 0 Å². The fourth-order valence-electron chi connectivity index (χ4n) is 0.872. The van der Waals surface area contributed by atoms with Crippen molar-refractivity contribution < 1.29 is 4.79 Å². The van der Waals surface area contributed by atoms with Crippen molar-refractivity contribution in [2.75, 3.05) is 0 Å². The number of amides is 1. The average molecular weight is 196 g/mol. The quantitative estimate of drug-likeness (QED) is 0.513. The first-order valence-corrected chi connectivity index (χ1v) is 4.51. The second-order valence-electron chi connectivity index (χ2n) is 3.12. The lowest BCUT2D eigenvalue weighted by Gasteiger charge is -1.92. The van der Waals surface area contributed by atoms with Crippen molar-refractivity contribution in [3.05, 3.63) is 23.9 Å². The molecule has 0 aromatic rings. The fourth-order valence-corrected chi connectivity index (χ4v) is 1.07. The third kappa shape index (κ3) is 2.99. The summed E-state index contributed by atoms with van der Waals surface area (Å²) in [5.74, 6) is 0.312. The van der Waals surface area contributed by atoms with Gasteiger partial charge >= 0.3 is 0 Å². The monoisotopic (exact) mass is 196 g/mol. The molecule has 0 unspecified atom stereocenters. The first-order chi connectivity index (χ1) is 6.09. The van der Waals surface area contributed by atoms with E-state index in [2.05, 4.69) is 24.5 Å². The van der Waals surface area contributed by atoms with Crippen molar-refractivity contribution in [3.8, 4) is 0 Å². The molecular formula is C9H12N2OS. The van der Waals surface area contributed by atoms with Gasteiger partial charge < -0.3 is 5.32 Å². The number of thiocarbonyl (C=S) groups is 1. The number of hydrogen-bond acceptors (Lipinski definition) is 2. The Balaban J connectivity index is 2.62. The van der Waals surface area contributed by atoms with Crippen LogP contribution < -0.4 is 10.6 Å². The van der Waals surface area contributed by atoms with Crippen molar-refractivity contribution in [2.24, 2.45) is 5.92 Å². The zero-order chi connectivity index (χ0) is 9.84. The molecule has 1 fully saturated rings. The normalized spacial score (nSPS) is 20.1. The maximum absolute atomic E-state index is 11.1. The Morgan fingerprint density at radius 3 is 2.54 bits per heavy atom. The van der Waals surface area contributed by atoms with E-state index in [4.69, 9.17) is 12.2 Å². The van der Waals surface area contributed by atoms with E-state index in [0.717, 1.165) is 0 Å². The summed E-state index contributed by atoms with van der Waals surface area (Å²) in [4.78, 5) is 11.1. The van der Waals surface area contributed by atoms with Gasteiger partial charge in [0, 0.05) is 0 Å². The van der Waals surface area contributed by atoms with Crippen molar-refractivity contribution >= 4 is 23.2 Å². The molecule has 13 heavy (non-hydrogen) atoms. The SMILES string of the molecule is CC(C)/C=C/C=C1\NC(=S)NC1=O. The highest BCUT2D eigenvalue weighted by molar-refractivity contribution is 7.80. The molecule has 0 aromatic carbocycles. The van der Waals surface area contributed by atoms with Crippen LogP contribution in [0.3, 0.4) is 0 Å². The molecule has 2 N–H and O–H groups in total. The molecule has 0 bridgehead atoms. The highest BCUT2D eigenvalue weighted by Crippen LogP contribution is 1.99. The highest BCUT2D eigenvalue weighted by atomic mass is 32.1. The lowest BCUT2D eigenvalue weighted by molar-refractivity contribution is -0.115. The van der Waals surface area contributed by atoms with E-state index in [0.29, 0.717) is 16.7 Å². The first kappa shape index (κ1) is 9.92. The molecule has 3 nitrogen and oxygen atoms in total. The Bertz CT molecular complexity index is 292. The van der Waals surface area contributed by atoms with Gasteiger partial charge in [-0.2, -0.15) is 0 Å². The Morgan fingerprint density at radius 1 is 1.38 bits per heavy atom. The summed E-state index contributed by atoms with van der Waals surface area (Å²) in [6.45, 7) is 4.14. The smallest absolute Gasteiger partial charge is 0.273 e. The first-order valence-electron chi connectivity index (χ1n) is 4.10. The van der Waals surface area contributed by atoms with Crippen LogP contribution in [-0.2, 0) is 4.79 Å². The van der Waals surface area contributed by atoms with Crippen LogP contribution in [0.4, 0.5) is 0 Å². The summed E-state index contributed by atoms with van der Waals surface area (Å²) in [5, 5.41) is 5.61. The predicted molar refractivity (Wildman–Crippen MR) is 55.9 cm³/mol. The van der Waals surface area contributed by atoms with E-state index >= 15 is 0 Å². The number of hydrogen-bond donors (Lipinski definition) is 2. The van der Waals surface area contributed by atoms with Crippen molar-refractivity contribution in [1.29, 1.82) is 0 Å². The largest absolute Gasteiger partial charge is 0.328 e. The Kier molecular flexibility index (Phi) is 3.19. The Labute approximate surface area is 82.9 Å². The average Bonchev–Trinajstić information content (AvgIpc) is 2.29. The van der Waals surface area contributed by atoms with Crippen LogP contribution in [0, 0.1) is 5.92 Å². The van der Waals surface area contributed by atoms with Gasteiger partial charge in [0.2, 0.25) is 0 Å². The molecule has 0 atom stereocenters. The zero-order valence-corrected chi connectivity index (χ0v) is 8.44. The highest BCUT2D eigenvalue weighted by Gasteiger charge is 2.18. The van der Waals surface area contributed by atoms with Gasteiger partial charge in [-0.15, -0.1) is 0 Å². The second kappa shape index (κ2) is 4.18.